The summed E-state index contributed by atoms with van der Waals surface area (Å²) in [6.07, 6.45) is -2.31. The lowest BCUT2D eigenvalue weighted by atomic mass is 10.0. The van der Waals surface area contributed by atoms with Gasteiger partial charge in [-0.2, -0.15) is 18.3 Å². The van der Waals surface area contributed by atoms with Gasteiger partial charge in [-0.25, -0.2) is 32.5 Å². The Labute approximate surface area is 300 Å². The summed E-state index contributed by atoms with van der Waals surface area (Å²) < 4.78 is 89.9. The third-order valence-corrected chi connectivity index (χ3v) is 9.47. The van der Waals surface area contributed by atoms with Crippen molar-refractivity contribution in [1.82, 2.24) is 29.1 Å². The number of hydrogen-bond acceptors (Lipinski definition) is 9. The minimum atomic E-state index is -4.78. The van der Waals surface area contributed by atoms with Crippen LogP contribution in [0.2, 0.25) is 0 Å². The zero-order valence-corrected chi connectivity index (χ0v) is 28.9. The fourth-order valence-electron chi connectivity index (χ4n) is 6.43. The van der Waals surface area contributed by atoms with Gasteiger partial charge < -0.3 is 24.0 Å². The van der Waals surface area contributed by atoms with Gasteiger partial charge >= 0.3 is 11.9 Å². The SMILES string of the molecule is CCC(C)n1ncn(-c2ccc(N3CCN(c4ccc(OC[C@@H]5CO[C@@](Cn6cnc(C(F)(F)F)n6)(c6ccc(F)cc6F)O5)cc4)CC3)cc2)c1=O. The van der Waals surface area contributed by atoms with Crippen LogP contribution in [0.4, 0.5) is 33.3 Å². The minimum absolute atomic E-state index is 0.0125. The van der Waals surface area contributed by atoms with Gasteiger partial charge in [0.25, 0.3) is 5.82 Å². The van der Waals surface area contributed by atoms with Crippen molar-refractivity contribution in [2.75, 3.05) is 49.2 Å². The number of anilines is 2. The summed E-state index contributed by atoms with van der Waals surface area (Å²) in [5, 5.41) is 7.71. The van der Waals surface area contributed by atoms with Gasteiger partial charge in [0, 0.05) is 49.2 Å². The molecule has 2 saturated heterocycles. The van der Waals surface area contributed by atoms with Gasteiger partial charge in [-0.1, -0.05) is 6.92 Å². The molecule has 2 aliphatic rings. The fraction of sp³-hybridized carbons (Fsp3) is 0.389. The topological polar surface area (TPSA) is 105 Å². The number of alkyl halides is 3. The molecule has 12 nitrogen and oxygen atoms in total. The van der Waals surface area contributed by atoms with Gasteiger partial charge in [0.05, 0.1) is 18.3 Å². The van der Waals surface area contributed by atoms with Crippen LogP contribution in [0.15, 0.2) is 84.2 Å². The van der Waals surface area contributed by atoms with E-state index in [9.17, 15) is 26.7 Å². The number of rotatable bonds is 11. The third-order valence-electron chi connectivity index (χ3n) is 9.47. The molecule has 0 spiro atoms. The molecule has 4 heterocycles. The van der Waals surface area contributed by atoms with Gasteiger partial charge in [-0.05, 0) is 74.0 Å². The van der Waals surface area contributed by atoms with E-state index in [2.05, 4.69) is 25.0 Å². The molecule has 0 aliphatic carbocycles. The van der Waals surface area contributed by atoms with Crippen LogP contribution in [-0.2, 0) is 28.0 Å². The van der Waals surface area contributed by atoms with Crippen LogP contribution in [0.3, 0.4) is 0 Å². The highest BCUT2D eigenvalue weighted by Gasteiger charge is 2.47. The molecule has 0 bridgehead atoms. The van der Waals surface area contributed by atoms with Crippen LogP contribution < -0.4 is 20.2 Å². The molecule has 7 rings (SSSR count). The van der Waals surface area contributed by atoms with Crippen molar-refractivity contribution in [2.24, 2.45) is 0 Å². The second-order valence-corrected chi connectivity index (χ2v) is 13.0. The highest BCUT2D eigenvalue weighted by atomic mass is 19.4. The predicted octanol–water partition coefficient (Wildman–Crippen LogP) is 5.57. The Morgan fingerprint density at radius 3 is 2.17 bits per heavy atom. The first kappa shape index (κ1) is 36.1. The minimum Gasteiger partial charge on any atom is -0.491 e. The van der Waals surface area contributed by atoms with E-state index in [4.69, 9.17) is 14.2 Å². The summed E-state index contributed by atoms with van der Waals surface area (Å²) >= 11 is 0. The molecule has 2 fully saturated rings. The third kappa shape index (κ3) is 7.62. The Hall–Kier alpha value is -5.29. The zero-order chi connectivity index (χ0) is 37.3. The Morgan fingerprint density at radius 2 is 1.57 bits per heavy atom. The van der Waals surface area contributed by atoms with Gasteiger partial charge in [0.15, 0.2) is 0 Å². The highest BCUT2D eigenvalue weighted by molar-refractivity contribution is 5.54. The average molecular weight is 741 g/mol. The molecule has 17 heteroatoms. The maximum absolute atomic E-state index is 15.0. The summed E-state index contributed by atoms with van der Waals surface area (Å²) in [7, 11) is 0. The van der Waals surface area contributed by atoms with Crippen LogP contribution in [0.5, 0.6) is 5.75 Å². The van der Waals surface area contributed by atoms with E-state index in [0.29, 0.717) is 11.8 Å². The second kappa shape index (κ2) is 14.6. The number of piperazine rings is 1. The molecule has 3 aromatic carbocycles. The van der Waals surface area contributed by atoms with Crippen molar-refractivity contribution < 1.29 is 36.2 Å². The monoisotopic (exact) mass is 740 g/mol. The van der Waals surface area contributed by atoms with Gasteiger partial charge in [-0.15, -0.1) is 5.10 Å². The summed E-state index contributed by atoms with van der Waals surface area (Å²) in [4.78, 5) is 20.6. The maximum Gasteiger partial charge on any atom is 0.453 e. The van der Waals surface area contributed by atoms with Crippen LogP contribution >= 0.6 is 0 Å². The van der Waals surface area contributed by atoms with E-state index >= 15 is 0 Å². The molecule has 3 atom stereocenters. The van der Waals surface area contributed by atoms with E-state index in [-0.39, 0.29) is 30.5 Å². The van der Waals surface area contributed by atoms with Crippen molar-refractivity contribution >= 4 is 11.4 Å². The van der Waals surface area contributed by atoms with E-state index in [1.165, 1.54) is 4.68 Å². The van der Waals surface area contributed by atoms with Crippen LogP contribution in [0, 0.1) is 11.6 Å². The first-order chi connectivity index (χ1) is 25.4. The van der Waals surface area contributed by atoms with E-state index < -0.39 is 42.1 Å². The normalized spacial score (nSPS) is 19.9. The van der Waals surface area contributed by atoms with Gasteiger partial charge in [0.1, 0.15) is 49.3 Å². The van der Waals surface area contributed by atoms with Crippen LogP contribution in [-0.4, -0.2) is 74.6 Å². The summed E-state index contributed by atoms with van der Waals surface area (Å²) in [6.45, 7) is 6.58. The molecular weight excluding hydrogens is 703 g/mol. The smallest absolute Gasteiger partial charge is 0.453 e. The first-order valence-electron chi connectivity index (χ1n) is 17.2. The maximum atomic E-state index is 15.0. The molecule has 0 N–H and O–H groups in total. The average Bonchev–Trinajstić information content (AvgIpc) is 3.90. The molecule has 5 aromatic rings. The number of aromatic nitrogens is 6. The number of hydrogen-bond donors (Lipinski definition) is 0. The van der Waals surface area contributed by atoms with Crippen LogP contribution in [0.1, 0.15) is 37.7 Å². The van der Waals surface area contributed by atoms with Gasteiger partial charge in [-0.3, -0.25) is 0 Å². The highest BCUT2D eigenvalue weighted by Crippen LogP contribution is 2.38. The standard InChI is InChI=1S/C36H37F5N8O4/c1-3-24(2)49-34(50)48(23-43-49)28-7-5-26(6-8-28)45-14-16-46(17-15-45)27-9-11-29(12-10-27)51-19-30-20-52-35(53-30,31-13-4-25(37)18-32(31)38)21-47-22-42-33(44-47)36(39,40)41/h4-13,18,22-24,30H,3,14-17,19-21H2,1-2H3/t24?,30-,35-/m1/s1. The van der Waals surface area contributed by atoms with Crippen molar-refractivity contribution in [3.63, 3.8) is 0 Å². The zero-order valence-electron chi connectivity index (χ0n) is 28.9. The summed E-state index contributed by atoms with van der Waals surface area (Å²) in [5.74, 6) is -4.56. The van der Waals surface area contributed by atoms with Crippen molar-refractivity contribution in [1.29, 1.82) is 0 Å². The van der Waals surface area contributed by atoms with E-state index in [1.807, 2.05) is 62.4 Å². The number of ether oxygens (including phenoxy) is 3. The fourth-order valence-corrected chi connectivity index (χ4v) is 6.43. The van der Waals surface area contributed by atoms with Crippen molar-refractivity contribution in [3.05, 3.63) is 113 Å². The van der Waals surface area contributed by atoms with Gasteiger partial charge in [0.2, 0.25) is 5.79 Å². The number of halogens is 5. The second-order valence-electron chi connectivity index (χ2n) is 13.0. The molecule has 0 saturated carbocycles. The molecule has 0 radical (unpaired) electrons. The molecule has 280 valence electrons. The Morgan fingerprint density at radius 1 is 0.925 bits per heavy atom. The predicted molar refractivity (Wildman–Crippen MR) is 183 cm³/mol. The Kier molecular flexibility index (Phi) is 9.95. The summed E-state index contributed by atoms with van der Waals surface area (Å²) in [5.41, 5.74) is 2.48. The number of benzene rings is 3. The molecule has 2 aliphatic heterocycles. The van der Waals surface area contributed by atoms with Crippen molar-refractivity contribution in [2.45, 2.75) is 50.9 Å². The summed E-state index contributed by atoms with van der Waals surface area (Å²) in [6, 6.07) is 18.2. The number of nitrogens with zero attached hydrogens (tertiary/aromatic N) is 8. The lowest BCUT2D eigenvalue weighted by molar-refractivity contribution is -0.193. The van der Waals surface area contributed by atoms with Crippen molar-refractivity contribution in [3.8, 4) is 11.4 Å². The van der Waals surface area contributed by atoms with E-state index in [1.54, 1.807) is 10.9 Å². The molecular formula is C36H37F5N8O4. The lowest BCUT2D eigenvalue weighted by Crippen LogP contribution is -2.46. The molecule has 1 unspecified atom stereocenters. The quantitative estimate of drug-likeness (QED) is 0.161. The largest absolute Gasteiger partial charge is 0.491 e. The van der Waals surface area contributed by atoms with Crippen LogP contribution in [0.25, 0.3) is 5.69 Å². The molecule has 2 aromatic heterocycles. The Bertz CT molecular complexity index is 2080. The first-order valence-corrected chi connectivity index (χ1v) is 17.2. The molecule has 0 amide bonds. The Balaban J connectivity index is 0.939. The molecule has 53 heavy (non-hydrogen) atoms. The lowest BCUT2D eigenvalue weighted by Gasteiger charge is -2.37. The van der Waals surface area contributed by atoms with E-state index in [0.717, 1.165) is 72.8 Å².